The molecule has 2 aliphatic heterocycles. The molecule has 6 heteroatoms. The number of morpholine rings is 1. The van der Waals surface area contributed by atoms with Gasteiger partial charge in [0.15, 0.2) is 0 Å². The fraction of sp³-hybridized carbons (Fsp3) is 0.545. The number of hydrogen-bond acceptors (Lipinski definition) is 4. The van der Waals surface area contributed by atoms with E-state index in [1.54, 1.807) is 0 Å². The molecule has 150 valence electrons. The Kier molecular flexibility index (Phi) is 5.95. The van der Waals surface area contributed by atoms with Crippen LogP contribution in [-0.2, 0) is 9.53 Å². The van der Waals surface area contributed by atoms with Crippen molar-refractivity contribution in [2.45, 2.75) is 38.2 Å². The Hall–Kier alpha value is -2.34. The minimum absolute atomic E-state index is 0.0269. The molecule has 0 bridgehead atoms. The van der Waals surface area contributed by atoms with Gasteiger partial charge in [0.1, 0.15) is 11.9 Å². The van der Waals surface area contributed by atoms with Gasteiger partial charge in [0.2, 0.25) is 5.91 Å². The Morgan fingerprint density at radius 2 is 1.75 bits per heavy atom. The van der Waals surface area contributed by atoms with Crippen LogP contribution in [0, 0.1) is 0 Å². The Morgan fingerprint density at radius 1 is 1.00 bits per heavy atom. The minimum atomic E-state index is 0.0269. The Bertz CT molecular complexity index is 747. The summed E-state index contributed by atoms with van der Waals surface area (Å²) in [6, 6.07) is 7.44. The van der Waals surface area contributed by atoms with E-state index in [9.17, 15) is 9.59 Å². The maximum absolute atomic E-state index is 12.7. The first kappa shape index (κ1) is 19.0. The van der Waals surface area contributed by atoms with Gasteiger partial charge in [0, 0.05) is 50.2 Å². The van der Waals surface area contributed by atoms with E-state index < -0.39 is 0 Å². The van der Waals surface area contributed by atoms with Crippen molar-refractivity contribution in [1.29, 1.82) is 0 Å². The number of allylic oxidation sites excluding steroid dienone is 1. The van der Waals surface area contributed by atoms with Crippen molar-refractivity contribution in [3.8, 4) is 5.75 Å². The summed E-state index contributed by atoms with van der Waals surface area (Å²) < 4.78 is 11.5. The Balaban J connectivity index is 1.31. The molecule has 2 fully saturated rings. The van der Waals surface area contributed by atoms with Crippen molar-refractivity contribution < 1.29 is 19.1 Å². The van der Waals surface area contributed by atoms with Crippen LogP contribution < -0.4 is 4.74 Å². The van der Waals surface area contributed by atoms with Gasteiger partial charge in [-0.25, -0.2) is 0 Å². The first-order chi connectivity index (χ1) is 13.7. The van der Waals surface area contributed by atoms with Crippen molar-refractivity contribution in [3.05, 3.63) is 41.5 Å². The van der Waals surface area contributed by atoms with Gasteiger partial charge in [-0.15, -0.1) is 0 Å². The van der Waals surface area contributed by atoms with Crippen LogP contribution in [0.2, 0.25) is 0 Å². The zero-order valence-corrected chi connectivity index (χ0v) is 16.3. The number of hydrogen-bond donors (Lipinski definition) is 0. The number of amides is 2. The number of ether oxygens (including phenoxy) is 2. The highest BCUT2D eigenvalue weighted by atomic mass is 16.5. The molecular formula is C22H28N2O4. The number of carbonyl (C=O) groups excluding carboxylic acids is 2. The molecule has 0 unspecified atom stereocenters. The number of rotatable bonds is 4. The van der Waals surface area contributed by atoms with E-state index in [0.29, 0.717) is 31.9 Å². The Labute approximate surface area is 166 Å². The number of piperidine rings is 1. The third-order valence-corrected chi connectivity index (χ3v) is 5.73. The largest absolute Gasteiger partial charge is 0.490 e. The van der Waals surface area contributed by atoms with Crippen molar-refractivity contribution >= 4 is 11.8 Å². The van der Waals surface area contributed by atoms with E-state index in [1.165, 1.54) is 0 Å². The van der Waals surface area contributed by atoms with Gasteiger partial charge in [0.25, 0.3) is 5.91 Å². The van der Waals surface area contributed by atoms with Crippen molar-refractivity contribution in [3.63, 3.8) is 0 Å². The molecule has 4 rings (SSSR count). The lowest BCUT2D eigenvalue weighted by molar-refractivity contribution is -0.129. The van der Waals surface area contributed by atoms with Crippen LogP contribution >= 0.6 is 0 Å². The predicted molar refractivity (Wildman–Crippen MR) is 105 cm³/mol. The molecule has 3 aliphatic rings. The summed E-state index contributed by atoms with van der Waals surface area (Å²) in [6.07, 6.45) is 6.85. The second-order valence-electron chi connectivity index (χ2n) is 7.66. The molecule has 0 saturated carbocycles. The van der Waals surface area contributed by atoms with Crippen LogP contribution in [0.1, 0.15) is 42.5 Å². The van der Waals surface area contributed by atoms with Gasteiger partial charge in [-0.1, -0.05) is 12.1 Å². The van der Waals surface area contributed by atoms with Crippen LogP contribution in [0.5, 0.6) is 5.75 Å². The SMILES string of the molecule is O=C(C1=CCCC1)N1CCC(Oc2cccc(C(=O)N3CCOCC3)c2)CC1. The molecule has 0 aromatic heterocycles. The van der Waals surface area contributed by atoms with Gasteiger partial charge in [-0.05, 0) is 37.5 Å². The van der Waals surface area contributed by atoms with Crippen LogP contribution in [0.3, 0.4) is 0 Å². The topological polar surface area (TPSA) is 59.1 Å². The van der Waals surface area contributed by atoms with Crippen molar-refractivity contribution in [2.24, 2.45) is 0 Å². The molecule has 2 amide bonds. The second-order valence-corrected chi connectivity index (χ2v) is 7.66. The summed E-state index contributed by atoms with van der Waals surface area (Å²) in [7, 11) is 0. The molecule has 0 atom stereocenters. The quantitative estimate of drug-likeness (QED) is 0.801. The summed E-state index contributed by atoms with van der Waals surface area (Å²) in [4.78, 5) is 28.9. The lowest BCUT2D eigenvalue weighted by Gasteiger charge is -2.32. The van der Waals surface area contributed by atoms with E-state index >= 15 is 0 Å². The molecule has 0 spiro atoms. The summed E-state index contributed by atoms with van der Waals surface area (Å²) in [6.45, 7) is 3.91. The van der Waals surface area contributed by atoms with Crippen molar-refractivity contribution in [2.75, 3.05) is 39.4 Å². The molecule has 0 radical (unpaired) electrons. The van der Waals surface area contributed by atoms with Crippen LogP contribution in [0.4, 0.5) is 0 Å². The van der Waals surface area contributed by atoms with Crippen molar-refractivity contribution in [1.82, 2.24) is 9.80 Å². The second kappa shape index (κ2) is 8.78. The molecule has 1 aromatic rings. The third kappa shape index (κ3) is 4.38. The maximum Gasteiger partial charge on any atom is 0.254 e. The average Bonchev–Trinajstić information content (AvgIpc) is 3.29. The highest BCUT2D eigenvalue weighted by Crippen LogP contribution is 2.24. The van der Waals surface area contributed by atoms with E-state index in [4.69, 9.17) is 9.47 Å². The van der Waals surface area contributed by atoms with Crippen LogP contribution in [0.25, 0.3) is 0 Å². The summed E-state index contributed by atoms with van der Waals surface area (Å²) >= 11 is 0. The number of carbonyl (C=O) groups is 2. The van der Waals surface area contributed by atoms with Gasteiger partial charge in [-0.3, -0.25) is 9.59 Å². The molecule has 6 nitrogen and oxygen atoms in total. The van der Waals surface area contributed by atoms with Gasteiger partial charge in [0.05, 0.1) is 13.2 Å². The molecule has 1 aromatic carbocycles. The Morgan fingerprint density at radius 3 is 2.46 bits per heavy atom. The molecule has 2 heterocycles. The lowest BCUT2D eigenvalue weighted by atomic mass is 10.1. The fourth-order valence-electron chi connectivity index (χ4n) is 4.09. The summed E-state index contributed by atoms with van der Waals surface area (Å²) in [5.41, 5.74) is 1.63. The minimum Gasteiger partial charge on any atom is -0.490 e. The van der Waals surface area contributed by atoms with Gasteiger partial charge < -0.3 is 19.3 Å². The van der Waals surface area contributed by atoms with Gasteiger partial charge >= 0.3 is 0 Å². The molecule has 0 N–H and O–H groups in total. The zero-order chi connectivity index (χ0) is 19.3. The molecule has 28 heavy (non-hydrogen) atoms. The normalized spacial score (nSPS) is 20.8. The van der Waals surface area contributed by atoms with E-state index in [2.05, 4.69) is 6.08 Å². The maximum atomic E-state index is 12.7. The first-order valence-corrected chi connectivity index (χ1v) is 10.3. The lowest BCUT2D eigenvalue weighted by Crippen LogP contribution is -2.42. The highest BCUT2D eigenvalue weighted by molar-refractivity contribution is 5.95. The van der Waals surface area contributed by atoms with Crippen LogP contribution in [0.15, 0.2) is 35.9 Å². The number of benzene rings is 1. The first-order valence-electron chi connectivity index (χ1n) is 10.3. The smallest absolute Gasteiger partial charge is 0.254 e. The summed E-state index contributed by atoms with van der Waals surface area (Å²) in [5, 5.41) is 0. The van der Waals surface area contributed by atoms with E-state index in [1.807, 2.05) is 34.1 Å². The zero-order valence-electron chi connectivity index (χ0n) is 16.3. The van der Waals surface area contributed by atoms with Gasteiger partial charge in [-0.2, -0.15) is 0 Å². The monoisotopic (exact) mass is 384 g/mol. The summed E-state index contributed by atoms with van der Waals surface area (Å²) in [5.74, 6) is 0.954. The fourth-order valence-corrected chi connectivity index (χ4v) is 4.09. The molecular weight excluding hydrogens is 356 g/mol. The highest BCUT2D eigenvalue weighted by Gasteiger charge is 2.27. The third-order valence-electron chi connectivity index (χ3n) is 5.73. The molecule has 2 saturated heterocycles. The van der Waals surface area contributed by atoms with E-state index in [-0.39, 0.29) is 17.9 Å². The number of likely N-dealkylation sites (tertiary alicyclic amines) is 1. The average molecular weight is 384 g/mol. The predicted octanol–water partition coefficient (Wildman–Crippen LogP) is 2.64. The standard InChI is InChI=1S/C22H28N2O4/c25-21(17-4-1-2-5-17)23-10-8-19(9-11-23)28-20-7-3-6-18(16-20)22(26)24-12-14-27-15-13-24/h3-4,6-7,16,19H,1-2,5,8-15H2. The number of nitrogens with zero attached hydrogens (tertiary/aromatic N) is 2. The molecule has 1 aliphatic carbocycles. The van der Waals surface area contributed by atoms with Crippen LogP contribution in [-0.4, -0.2) is 67.1 Å². The van der Waals surface area contributed by atoms with E-state index in [0.717, 1.165) is 56.5 Å².